The number of nitrogens with one attached hydrogen (secondary N) is 1. The standard InChI is InChI=1S/C21H26N2O3/c1-2-18(15-17-7-4-3-5-8-17)21(24)22-16-19(20-9-6-12-26-20)23-10-13-25-14-11-23/h3-9,12,15,19H,2,10-11,13-14,16H2,1H3,(H,22,24)/b18-15+. The number of carbonyl (C=O) groups is 1. The molecule has 0 aliphatic carbocycles. The summed E-state index contributed by atoms with van der Waals surface area (Å²) in [5.74, 6) is 0.846. The van der Waals surface area contributed by atoms with Gasteiger partial charge in [-0.25, -0.2) is 0 Å². The Balaban J connectivity index is 1.67. The van der Waals surface area contributed by atoms with Crippen LogP contribution in [0.2, 0.25) is 0 Å². The lowest BCUT2D eigenvalue weighted by Crippen LogP contribution is -2.43. The molecule has 1 aliphatic heterocycles. The summed E-state index contributed by atoms with van der Waals surface area (Å²) in [6, 6.07) is 13.8. The summed E-state index contributed by atoms with van der Waals surface area (Å²) in [6.07, 6.45) is 4.31. The van der Waals surface area contributed by atoms with Gasteiger partial charge in [0.15, 0.2) is 0 Å². The maximum absolute atomic E-state index is 12.7. The van der Waals surface area contributed by atoms with Crippen LogP contribution in [0.15, 0.2) is 58.7 Å². The Hall–Kier alpha value is -2.37. The fourth-order valence-electron chi connectivity index (χ4n) is 3.16. The minimum Gasteiger partial charge on any atom is -0.468 e. The van der Waals surface area contributed by atoms with Gasteiger partial charge in [0.05, 0.1) is 25.5 Å². The molecule has 0 radical (unpaired) electrons. The van der Waals surface area contributed by atoms with Gasteiger partial charge in [-0.2, -0.15) is 0 Å². The first kappa shape index (κ1) is 18.4. The van der Waals surface area contributed by atoms with Gasteiger partial charge in [-0.1, -0.05) is 37.3 Å². The van der Waals surface area contributed by atoms with Crippen molar-refractivity contribution in [3.8, 4) is 0 Å². The summed E-state index contributed by atoms with van der Waals surface area (Å²) < 4.78 is 11.1. The molecule has 1 saturated heterocycles. The Morgan fingerprint density at radius 3 is 2.62 bits per heavy atom. The van der Waals surface area contributed by atoms with Crippen LogP contribution >= 0.6 is 0 Å². The van der Waals surface area contributed by atoms with Crippen molar-refractivity contribution >= 4 is 12.0 Å². The highest BCUT2D eigenvalue weighted by Crippen LogP contribution is 2.22. The number of morpholine rings is 1. The van der Waals surface area contributed by atoms with Crippen LogP contribution < -0.4 is 5.32 Å². The third-order valence-electron chi connectivity index (χ3n) is 4.63. The van der Waals surface area contributed by atoms with E-state index >= 15 is 0 Å². The number of furan rings is 1. The van der Waals surface area contributed by atoms with Crippen molar-refractivity contribution in [2.24, 2.45) is 0 Å². The van der Waals surface area contributed by atoms with Crippen molar-refractivity contribution < 1.29 is 13.9 Å². The Kier molecular flexibility index (Phi) is 6.63. The lowest BCUT2D eigenvalue weighted by Gasteiger charge is -2.33. The molecule has 2 aromatic rings. The van der Waals surface area contributed by atoms with Gasteiger partial charge in [-0.15, -0.1) is 0 Å². The maximum Gasteiger partial charge on any atom is 0.247 e. The van der Waals surface area contributed by atoms with Crippen LogP contribution in [-0.4, -0.2) is 43.7 Å². The van der Waals surface area contributed by atoms with E-state index in [1.54, 1.807) is 6.26 Å². The first-order chi connectivity index (χ1) is 12.8. The zero-order valence-electron chi connectivity index (χ0n) is 15.2. The largest absolute Gasteiger partial charge is 0.468 e. The molecule has 1 unspecified atom stereocenters. The van der Waals surface area contributed by atoms with E-state index in [1.807, 2.05) is 55.5 Å². The highest BCUT2D eigenvalue weighted by molar-refractivity contribution is 5.97. The van der Waals surface area contributed by atoms with E-state index in [2.05, 4.69) is 10.2 Å². The minimum absolute atomic E-state index is 0.0210. The van der Waals surface area contributed by atoms with E-state index in [4.69, 9.17) is 9.15 Å². The number of amides is 1. The number of nitrogens with zero attached hydrogens (tertiary/aromatic N) is 1. The van der Waals surface area contributed by atoms with Crippen LogP contribution in [0.25, 0.3) is 6.08 Å². The molecule has 1 aliphatic rings. The molecule has 1 aromatic carbocycles. The lowest BCUT2D eigenvalue weighted by atomic mass is 10.1. The SMILES string of the molecule is CC/C(=C\c1ccccc1)C(=O)NCC(c1ccco1)N1CCOCC1. The number of hydrogen-bond acceptors (Lipinski definition) is 4. The molecule has 138 valence electrons. The molecule has 1 fully saturated rings. The van der Waals surface area contributed by atoms with Crippen molar-refractivity contribution in [3.63, 3.8) is 0 Å². The summed E-state index contributed by atoms with van der Waals surface area (Å²) in [7, 11) is 0. The first-order valence-corrected chi connectivity index (χ1v) is 9.17. The molecule has 3 rings (SSSR count). The van der Waals surface area contributed by atoms with Gasteiger partial charge in [0.1, 0.15) is 5.76 Å². The van der Waals surface area contributed by atoms with Crippen LogP contribution in [0.1, 0.15) is 30.7 Å². The predicted molar refractivity (Wildman–Crippen MR) is 102 cm³/mol. The van der Waals surface area contributed by atoms with Gasteiger partial charge in [-0.05, 0) is 30.2 Å². The van der Waals surface area contributed by atoms with Gasteiger partial charge in [-0.3, -0.25) is 9.69 Å². The number of carbonyl (C=O) groups excluding carboxylic acids is 1. The minimum atomic E-state index is -0.0267. The summed E-state index contributed by atoms with van der Waals surface area (Å²) >= 11 is 0. The molecular weight excluding hydrogens is 328 g/mol. The smallest absolute Gasteiger partial charge is 0.247 e. The molecule has 1 aromatic heterocycles. The first-order valence-electron chi connectivity index (χ1n) is 9.17. The van der Waals surface area contributed by atoms with Gasteiger partial charge >= 0.3 is 0 Å². The molecule has 26 heavy (non-hydrogen) atoms. The normalized spacial score (nSPS) is 17.0. The van der Waals surface area contributed by atoms with Crippen LogP contribution in [0.5, 0.6) is 0 Å². The fourth-order valence-corrected chi connectivity index (χ4v) is 3.16. The van der Waals surface area contributed by atoms with Crippen LogP contribution in [0.3, 0.4) is 0 Å². The molecule has 2 heterocycles. The van der Waals surface area contributed by atoms with Crippen LogP contribution in [-0.2, 0) is 9.53 Å². The second kappa shape index (κ2) is 9.36. The second-order valence-corrected chi connectivity index (χ2v) is 6.32. The Labute approximate surface area is 154 Å². The molecule has 1 amide bonds. The highest BCUT2D eigenvalue weighted by atomic mass is 16.5. The van der Waals surface area contributed by atoms with E-state index in [-0.39, 0.29) is 11.9 Å². The van der Waals surface area contributed by atoms with Gasteiger partial charge in [0.25, 0.3) is 0 Å². The quantitative estimate of drug-likeness (QED) is 0.776. The third kappa shape index (κ3) is 4.84. The van der Waals surface area contributed by atoms with Gasteiger partial charge in [0.2, 0.25) is 5.91 Å². The number of ether oxygens (including phenoxy) is 1. The van der Waals surface area contributed by atoms with Crippen molar-refractivity contribution in [1.29, 1.82) is 0 Å². The molecular formula is C21H26N2O3. The van der Waals surface area contributed by atoms with Gasteiger partial charge < -0.3 is 14.5 Å². The Morgan fingerprint density at radius 1 is 1.19 bits per heavy atom. The van der Waals surface area contributed by atoms with Crippen molar-refractivity contribution in [2.45, 2.75) is 19.4 Å². The molecule has 5 heteroatoms. The highest BCUT2D eigenvalue weighted by Gasteiger charge is 2.25. The van der Waals surface area contributed by atoms with Gasteiger partial charge in [0, 0.05) is 25.2 Å². The summed E-state index contributed by atoms with van der Waals surface area (Å²) in [6.45, 7) is 5.60. The third-order valence-corrected chi connectivity index (χ3v) is 4.63. The lowest BCUT2D eigenvalue weighted by molar-refractivity contribution is -0.117. The van der Waals surface area contributed by atoms with Crippen LogP contribution in [0.4, 0.5) is 0 Å². The van der Waals surface area contributed by atoms with E-state index in [0.717, 1.165) is 30.0 Å². The average Bonchev–Trinajstić information content (AvgIpc) is 3.22. The topological polar surface area (TPSA) is 54.7 Å². The zero-order valence-corrected chi connectivity index (χ0v) is 15.2. The monoisotopic (exact) mass is 354 g/mol. The average molecular weight is 354 g/mol. The number of benzene rings is 1. The number of rotatable bonds is 7. The Bertz CT molecular complexity index is 704. The zero-order chi connectivity index (χ0) is 18.2. The Morgan fingerprint density at radius 2 is 1.96 bits per heavy atom. The molecule has 0 bridgehead atoms. The molecule has 1 atom stereocenters. The second-order valence-electron chi connectivity index (χ2n) is 6.32. The molecule has 5 nitrogen and oxygen atoms in total. The van der Waals surface area contributed by atoms with Crippen LogP contribution in [0, 0.1) is 0 Å². The van der Waals surface area contributed by atoms with E-state index in [0.29, 0.717) is 26.2 Å². The number of hydrogen-bond donors (Lipinski definition) is 1. The van der Waals surface area contributed by atoms with Crippen molar-refractivity contribution in [3.05, 3.63) is 65.6 Å². The maximum atomic E-state index is 12.7. The van der Waals surface area contributed by atoms with Crippen molar-refractivity contribution in [1.82, 2.24) is 10.2 Å². The van der Waals surface area contributed by atoms with E-state index in [9.17, 15) is 4.79 Å². The summed E-state index contributed by atoms with van der Waals surface area (Å²) in [5, 5.41) is 3.09. The fraction of sp³-hybridized carbons (Fsp3) is 0.381. The molecule has 1 N–H and O–H groups in total. The van der Waals surface area contributed by atoms with E-state index < -0.39 is 0 Å². The molecule has 0 spiro atoms. The summed E-state index contributed by atoms with van der Waals surface area (Å²) in [4.78, 5) is 15.0. The molecule has 0 saturated carbocycles. The summed E-state index contributed by atoms with van der Waals surface area (Å²) in [5.41, 5.74) is 1.81. The predicted octanol–water partition coefficient (Wildman–Crippen LogP) is 3.26. The van der Waals surface area contributed by atoms with Crippen molar-refractivity contribution in [2.75, 3.05) is 32.8 Å². The van der Waals surface area contributed by atoms with E-state index in [1.165, 1.54) is 0 Å².